The zero-order chi connectivity index (χ0) is 17.8. The molecule has 1 aliphatic heterocycles. The molecule has 8 nitrogen and oxygen atoms in total. The molecule has 1 N–H and O–H groups in total. The van der Waals surface area contributed by atoms with Crippen LogP contribution in [0.25, 0.3) is 0 Å². The molecule has 0 saturated carbocycles. The Labute approximate surface area is 144 Å². The van der Waals surface area contributed by atoms with Crippen LogP contribution in [-0.2, 0) is 9.53 Å². The number of amides is 1. The fourth-order valence-electron chi connectivity index (χ4n) is 2.14. The summed E-state index contributed by atoms with van der Waals surface area (Å²) in [5.41, 5.74) is 1.25. The summed E-state index contributed by atoms with van der Waals surface area (Å²) in [7, 11) is 0. The molecule has 0 aliphatic carbocycles. The molecule has 0 unspecified atom stereocenters. The number of nitrogens with one attached hydrogen (secondary N) is 1. The van der Waals surface area contributed by atoms with E-state index in [1.807, 2.05) is 0 Å². The Kier molecular flexibility index (Phi) is 4.78. The minimum atomic E-state index is -0.996. The fourth-order valence-corrected chi connectivity index (χ4v) is 2.14. The fraction of sp³-hybridized carbons (Fsp3) is 0.294. The lowest BCUT2D eigenvalue weighted by Gasteiger charge is -2.19. The standard InChI is InChI=1S/C17H17N3O5/c1-10-8-19-13(9-18-10)17(22)25-11(2)16(21)20-12-3-4-14-15(7-12)24-6-5-23-14/h3-4,7-9,11H,5-6H2,1-2H3,(H,20,21)/t11-/m1/s1. The van der Waals surface area contributed by atoms with Gasteiger partial charge in [0.1, 0.15) is 13.2 Å². The van der Waals surface area contributed by atoms with Gasteiger partial charge >= 0.3 is 5.97 Å². The molecule has 2 heterocycles. The second-order valence-electron chi connectivity index (χ2n) is 5.44. The Morgan fingerprint density at radius 3 is 2.64 bits per heavy atom. The molecule has 0 radical (unpaired) electrons. The van der Waals surface area contributed by atoms with E-state index in [9.17, 15) is 9.59 Å². The van der Waals surface area contributed by atoms with Crippen LogP contribution in [0.4, 0.5) is 5.69 Å². The van der Waals surface area contributed by atoms with Crippen molar-refractivity contribution < 1.29 is 23.8 Å². The molecule has 1 amide bonds. The maximum atomic E-state index is 12.2. The number of rotatable bonds is 4. The number of aromatic nitrogens is 2. The average Bonchev–Trinajstić information content (AvgIpc) is 2.62. The van der Waals surface area contributed by atoms with Gasteiger partial charge in [0.05, 0.1) is 11.9 Å². The van der Waals surface area contributed by atoms with Gasteiger partial charge in [-0.1, -0.05) is 0 Å². The molecule has 1 aliphatic rings. The molecule has 1 aromatic heterocycles. The monoisotopic (exact) mass is 343 g/mol. The van der Waals surface area contributed by atoms with Crippen LogP contribution in [0.15, 0.2) is 30.6 Å². The number of fused-ring (bicyclic) bond motifs is 1. The summed E-state index contributed by atoms with van der Waals surface area (Å²) in [6, 6.07) is 5.06. The van der Waals surface area contributed by atoms with Gasteiger partial charge < -0.3 is 19.5 Å². The highest BCUT2D eigenvalue weighted by molar-refractivity contribution is 5.96. The topological polar surface area (TPSA) is 99.6 Å². The van der Waals surface area contributed by atoms with E-state index in [1.54, 1.807) is 25.1 Å². The lowest BCUT2D eigenvalue weighted by Crippen LogP contribution is -2.30. The molecule has 0 bridgehead atoms. The number of hydrogen-bond donors (Lipinski definition) is 1. The highest BCUT2D eigenvalue weighted by Gasteiger charge is 2.21. The highest BCUT2D eigenvalue weighted by atomic mass is 16.6. The number of nitrogens with zero attached hydrogens (tertiary/aromatic N) is 2. The van der Waals surface area contributed by atoms with Gasteiger partial charge in [0.25, 0.3) is 5.91 Å². The summed E-state index contributed by atoms with van der Waals surface area (Å²) in [6.07, 6.45) is 1.77. The molecule has 8 heteroatoms. The third kappa shape index (κ3) is 4.03. The van der Waals surface area contributed by atoms with E-state index in [2.05, 4.69) is 15.3 Å². The lowest BCUT2D eigenvalue weighted by atomic mass is 10.2. The maximum Gasteiger partial charge on any atom is 0.359 e. The van der Waals surface area contributed by atoms with E-state index >= 15 is 0 Å². The van der Waals surface area contributed by atoms with Crippen molar-refractivity contribution in [2.24, 2.45) is 0 Å². The van der Waals surface area contributed by atoms with Gasteiger partial charge in [0, 0.05) is 18.0 Å². The number of carbonyl (C=O) groups is 2. The quantitative estimate of drug-likeness (QED) is 0.844. The molecular weight excluding hydrogens is 326 g/mol. The highest BCUT2D eigenvalue weighted by Crippen LogP contribution is 2.32. The second kappa shape index (κ2) is 7.16. The Balaban J connectivity index is 1.60. The van der Waals surface area contributed by atoms with Crippen LogP contribution in [0.3, 0.4) is 0 Å². The lowest BCUT2D eigenvalue weighted by molar-refractivity contribution is -0.123. The smallest absolute Gasteiger partial charge is 0.359 e. The van der Waals surface area contributed by atoms with Crippen molar-refractivity contribution in [1.82, 2.24) is 9.97 Å². The van der Waals surface area contributed by atoms with Crippen molar-refractivity contribution in [3.05, 3.63) is 42.0 Å². The predicted octanol–water partition coefficient (Wildman–Crippen LogP) is 1.74. The first-order chi connectivity index (χ1) is 12.0. The number of aryl methyl sites for hydroxylation is 1. The van der Waals surface area contributed by atoms with Gasteiger partial charge in [0.2, 0.25) is 0 Å². The van der Waals surface area contributed by atoms with Crippen LogP contribution in [0.5, 0.6) is 11.5 Å². The van der Waals surface area contributed by atoms with Gasteiger partial charge in [-0.2, -0.15) is 0 Å². The van der Waals surface area contributed by atoms with Crippen molar-refractivity contribution in [3.8, 4) is 11.5 Å². The first kappa shape index (κ1) is 16.7. The summed E-state index contributed by atoms with van der Waals surface area (Å²) in [6.45, 7) is 4.18. The zero-order valence-corrected chi connectivity index (χ0v) is 13.8. The molecule has 0 saturated heterocycles. The number of hydrogen-bond acceptors (Lipinski definition) is 7. The van der Waals surface area contributed by atoms with Crippen molar-refractivity contribution in [2.45, 2.75) is 20.0 Å². The minimum absolute atomic E-state index is 0.0459. The summed E-state index contributed by atoms with van der Waals surface area (Å²) in [4.78, 5) is 32.1. The SMILES string of the molecule is Cc1cnc(C(=O)O[C@H](C)C(=O)Nc2ccc3c(c2)OCCO3)cn1. The van der Waals surface area contributed by atoms with Gasteiger partial charge in [0.15, 0.2) is 23.3 Å². The second-order valence-corrected chi connectivity index (χ2v) is 5.44. The van der Waals surface area contributed by atoms with E-state index in [0.29, 0.717) is 36.1 Å². The molecule has 3 rings (SSSR count). The third-order valence-electron chi connectivity index (χ3n) is 3.45. The molecule has 2 aromatic rings. The summed E-state index contributed by atoms with van der Waals surface area (Å²) >= 11 is 0. The van der Waals surface area contributed by atoms with Gasteiger partial charge in [-0.05, 0) is 26.0 Å². The van der Waals surface area contributed by atoms with E-state index in [4.69, 9.17) is 14.2 Å². The van der Waals surface area contributed by atoms with Crippen molar-refractivity contribution in [1.29, 1.82) is 0 Å². The number of carbonyl (C=O) groups excluding carboxylic acids is 2. The zero-order valence-electron chi connectivity index (χ0n) is 13.8. The summed E-state index contributed by atoms with van der Waals surface area (Å²) in [5, 5.41) is 2.67. The molecule has 0 fully saturated rings. The summed E-state index contributed by atoms with van der Waals surface area (Å²) < 4.78 is 16.0. The van der Waals surface area contributed by atoms with Crippen LogP contribution in [0, 0.1) is 6.92 Å². The Bertz CT molecular complexity index is 791. The molecule has 1 atom stereocenters. The van der Waals surface area contributed by atoms with Gasteiger partial charge in [-0.25, -0.2) is 9.78 Å². The third-order valence-corrected chi connectivity index (χ3v) is 3.45. The largest absolute Gasteiger partial charge is 0.486 e. The number of esters is 1. The number of anilines is 1. The Morgan fingerprint density at radius 1 is 1.16 bits per heavy atom. The van der Waals surface area contributed by atoms with E-state index in [0.717, 1.165) is 0 Å². The molecule has 0 spiro atoms. The van der Waals surface area contributed by atoms with E-state index in [-0.39, 0.29) is 5.69 Å². The molecule has 1 aromatic carbocycles. The van der Waals surface area contributed by atoms with E-state index < -0.39 is 18.0 Å². The van der Waals surface area contributed by atoms with Gasteiger partial charge in [-0.3, -0.25) is 9.78 Å². The minimum Gasteiger partial charge on any atom is -0.486 e. The van der Waals surface area contributed by atoms with Crippen molar-refractivity contribution >= 4 is 17.6 Å². The van der Waals surface area contributed by atoms with E-state index in [1.165, 1.54) is 19.3 Å². The van der Waals surface area contributed by atoms with Gasteiger partial charge in [-0.15, -0.1) is 0 Å². The Hall–Kier alpha value is -3.16. The number of benzene rings is 1. The van der Waals surface area contributed by atoms with Crippen LogP contribution in [-0.4, -0.2) is 41.2 Å². The molecular formula is C17H17N3O5. The molecule has 25 heavy (non-hydrogen) atoms. The van der Waals surface area contributed by atoms with Crippen LogP contribution in [0.1, 0.15) is 23.1 Å². The van der Waals surface area contributed by atoms with Crippen LogP contribution in [0.2, 0.25) is 0 Å². The molecule has 130 valence electrons. The van der Waals surface area contributed by atoms with Crippen molar-refractivity contribution in [3.63, 3.8) is 0 Å². The summed E-state index contributed by atoms with van der Waals surface area (Å²) in [5.74, 6) is 0.00715. The normalized spacial score (nSPS) is 13.7. The first-order valence-corrected chi connectivity index (χ1v) is 7.73. The first-order valence-electron chi connectivity index (χ1n) is 7.73. The van der Waals surface area contributed by atoms with Crippen molar-refractivity contribution in [2.75, 3.05) is 18.5 Å². The maximum absolute atomic E-state index is 12.2. The predicted molar refractivity (Wildman–Crippen MR) is 87.7 cm³/mol. The average molecular weight is 343 g/mol. The van der Waals surface area contributed by atoms with Crippen LogP contribution >= 0.6 is 0 Å². The Morgan fingerprint density at radius 2 is 1.92 bits per heavy atom. The number of ether oxygens (including phenoxy) is 3. The van der Waals surface area contributed by atoms with Crippen LogP contribution < -0.4 is 14.8 Å².